The predicted molar refractivity (Wildman–Crippen MR) is 146 cm³/mol. The van der Waals surface area contributed by atoms with Crippen molar-refractivity contribution in [2.24, 2.45) is 0 Å². The number of benzene rings is 1. The lowest BCUT2D eigenvalue weighted by Gasteiger charge is -2.34. The Kier molecular flexibility index (Phi) is 7.53. The number of nitrogens with one attached hydrogen (secondary N) is 1. The van der Waals surface area contributed by atoms with Gasteiger partial charge in [0.2, 0.25) is 5.95 Å². The number of piperazine rings is 1. The summed E-state index contributed by atoms with van der Waals surface area (Å²) >= 11 is 6.14. The quantitative estimate of drug-likeness (QED) is 0.324. The van der Waals surface area contributed by atoms with Gasteiger partial charge < -0.3 is 24.4 Å². The normalized spacial score (nSPS) is 14.4. The summed E-state index contributed by atoms with van der Waals surface area (Å²) in [6, 6.07) is 13.8. The van der Waals surface area contributed by atoms with Gasteiger partial charge in [0.1, 0.15) is 11.6 Å². The summed E-state index contributed by atoms with van der Waals surface area (Å²) < 4.78 is 5.66. The average Bonchev–Trinajstić information content (AvgIpc) is 3.39. The van der Waals surface area contributed by atoms with Crippen LogP contribution in [0.5, 0.6) is 0 Å². The lowest BCUT2D eigenvalue weighted by Crippen LogP contribution is -2.45. The molecule has 0 atom stereocenters. The first kappa shape index (κ1) is 24.3. The summed E-state index contributed by atoms with van der Waals surface area (Å²) in [5.74, 6) is 2.63. The molecule has 0 aliphatic carbocycles. The van der Waals surface area contributed by atoms with Gasteiger partial charge in [-0.3, -0.25) is 4.98 Å². The molecule has 1 fully saturated rings. The maximum Gasteiger partial charge on any atom is 0.227 e. The number of hydrogen-bond acceptors (Lipinski definition) is 8. The van der Waals surface area contributed by atoms with Crippen LogP contribution < -0.4 is 15.1 Å². The highest BCUT2D eigenvalue weighted by atomic mass is 35.5. The van der Waals surface area contributed by atoms with E-state index in [0.717, 1.165) is 85.5 Å². The Bertz CT molecular complexity index is 1290. The van der Waals surface area contributed by atoms with Gasteiger partial charge in [0.15, 0.2) is 0 Å². The Labute approximate surface area is 216 Å². The Balaban J connectivity index is 1.29. The minimum absolute atomic E-state index is 0.620. The number of anilines is 3. The van der Waals surface area contributed by atoms with Crippen molar-refractivity contribution in [3.63, 3.8) is 0 Å². The van der Waals surface area contributed by atoms with E-state index in [1.807, 2.05) is 49.5 Å². The first-order valence-corrected chi connectivity index (χ1v) is 12.8. The highest BCUT2D eigenvalue weighted by molar-refractivity contribution is 6.31. The fourth-order valence-corrected chi connectivity index (χ4v) is 4.65. The molecule has 4 heterocycles. The second kappa shape index (κ2) is 11.1. The summed E-state index contributed by atoms with van der Waals surface area (Å²) in [6.45, 7) is 8.26. The van der Waals surface area contributed by atoms with Gasteiger partial charge in [-0.1, -0.05) is 11.6 Å². The van der Waals surface area contributed by atoms with Gasteiger partial charge in [0.25, 0.3) is 0 Å². The monoisotopic (exact) mass is 505 g/mol. The van der Waals surface area contributed by atoms with Crippen LogP contribution in [-0.4, -0.2) is 66.2 Å². The number of pyridine rings is 1. The van der Waals surface area contributed by atoms with Crippen LogP contribution in [-0.2, 0) is 6.54 Å². The molecular weight excluding hydrogens is 474 g/mol. The largest absolute Gasteiger partial charge is 0.467 e. The summed E-state index contributed by atoms with van der Waals surface area (Å²) in [4.78, 5) is 21.1. The van der Waals surface area contributed by atoms with Crippen molar-refractivity contribution in [2.75, 3.05) is 61.4 Å². The fraction of sp³-hybridized carbons (Fsp3) is 0.370. The number of rotatable bonds is 9. The molecule has 0 radical (unpaired) electrons. The van der Waals surface area contributed by atoms with E-state index >= 15 is 0 Å². The van der Waals surface area contributed by atoms with Crippen molar-refractivity contribution in [1.29, 1.82) is 0 Å². The molecule has 0 bridgehead atoms. The zero-order valence-electron chi connectivity index (χ0n) is 20.8. The fourth-order valence-electron chi connectivity index (χ4n) is 4.48. The Morgan fingerprint density at radius 3 is 2.75 bits per heavy atom. The summed E-state index contributed by atoms with van der Waals surface area (Å²) in [5.41, 5.74) is 2.91. The third-order valence-electron chi connectivity index (χ3n) is 6.49. The van der Waals surface area contributed by atoms with Gasteiger partial charge in [0, 0.05) is 73.3 Å². The zero-order chi connectivity index (χ0) is 24.9. The van der Waals surface area contributed by atoms with Gasteiger partial charge in [-0.05, 0) is 56.8 Å². The van der Waals surface area contributed by atoms with Gasteiger partial charge in [-0.25, -0.2) is 4.98 Å². The molecule has 4 aromatic rings. The second-order valence-electron chi connectivity index (χ2n) is 9.26. The van der Waals surface area contributed by atoms with Crippen LogP contribution in [0.1, 0.15) is 17.9 Å². The number of aryl methyl sites for hydroxylation is 1. The molecule has 9 heteroatoms. The molecule has 3 aromatic heterocycles. The molecular formula is C27H32ClN7O. The van der Waals surface area contributed by atoms with E-state index in [0.29, 0.717) is 11.6 Å². The average molecular weight is 506 g/mol. The van der Waals surface area contributed by atoms with Crippen LogP contribution in [0, 0.1) is 6.92 Å². The van der Waals surface area contributed by atoms with E-state index in [1.165, 1.54) is 0 Å². The molecule has 36 heavy (non-hydrogen) atoms. The first-order valence-electron chi connectivity index (χ1n) is 12.4. The summed E-state index contributed by atoms with van der Waals surface area (Å²) in [5, 5.41) is 5.32. The van der Waals surface area contributed by atoms with Crippen LogP contribution in [0.3, 0.4) is 0 Å². The third kappa shape index (κ3) is 5.88. The molecule has 188 valence electrons. The number of aromatic nitrogens is 3. The smallest absolute Gasteiger partial charge is 0.227 e. The molecule has 1 aromatic carbocycles. The summed E-state index contributed by atoms with van der Waals surface area (Å²) in [6.07, 6.45) is 4.42. The molecule has 8 nitrogen and oxygen atoms in total. The molecule has 0 amide bonds. The molecule has 1 N–H and O–H groups in total. The Morgan fingerprint density at radius 2 is 1.94 bits per heavy atom. The SMILES string of the molecule is Cc1cc(N2CCN(C)CC2)nc(N(CCCNc2ccnc3cc(Cl)ccc23)Cc2ccco2)n1. The van der Waals surface area contributed by atoms with Crippen molar-refractivity contribution >= 4 is 40.0 Å². The number of hydrogen-bond donors (Lipinski definition) is 1. The predicted octanol–water partition coefficient (Wildman–Crippen LogP) is 4.84. The molecule has 1 saturated heterocycles. The van der Waals surface area contributed by atoms with Crippen LogP contribution >= 0.6 is 11.6 Å². The van der Waals surface area contributed by atoms with Crippen LogP contribution in [0.15, 0.2) is 59.3 Å². The first-order chi connectivity index (χ1) is 17.5. The maximum absolute atomic E-state index is 6.14. The minimum Gasteiger partial charge on any atom is -0.467 e. The minimum atomic E-state index is 0.620. The highest BCUT2D eigenvalue weighted by Crippen LogP contribution is 2.25. The lowest BCUT2D eigenvalue weighted by molar-refractivity contribution is 0.312. The van der Waals surface area contributed by atoms with Crippen molar-refractivity contribution in [1.82, 2.24) is 19.9 Å². The van der Waals surface area contributed by atoms with E-state index in [1.54, 1.807) is 6.26 Å². The maximum atomic E-state index is 6.14. The molecule has 5 rings (SSSR count). The van der Waals surface area contributed by atoms with Crippen LogP contribution in [0.25, 0.3) is 10.9 Å². The van der Waals surface area contributed by atoms with Crippen LogP contribution in [0.2, 0.25) is 5.02 Å². The van der Waals surface area contributed by atoms with E-state index in [-0.39, 0.29) is 0 Å². The highest BCUT2D eigenvalue weighted by Gasteiger charge is 2.19. The van der Waals surface area contributed by atoms with E-state index in [2.05, 4.69) is 38.1 Å². The Hall–Kier alpha value is -3.36. The van der Waals surface area contributed by atoms with E-state index < -0.39 is 0 Å². The van der Waals surface area contributed by atoms with Gasteiger partial charge >= 0.3 is 0 Å². The van der Waals surface area contributed by atoms with Crippen molar-refractivity contribution in [3.05, 3.63) is 71.4 Å². The summed E-state index contributed by atoms with van der Waals surface area (Å²) in [7, 11) is 2.16. The molecule has 1 aliphatic heterocycles. The number of furan rings is 1. The topological polar surface area (TPSA) is 73.6 Å². The number of nitrogens with zero attached hydrogens (tertiary/aromatic N) is 6. The van der Waals surface area contributed by atoms with E-state index in [4.69, 9.17) is 26.0 Å². The number of fused-ring (bicyclic) bond motifs is 1. The van der Waals surface area contributed by atoms with Gasteiger partial charge in [0.05, 0.1) is 18.3 Å². The second-order valence-corrected chi connectivity index (χ2v) is 9.70. The van der Waals surface area contributed by atoms with Gasteiger partial charge in [-0.2, -0.15) is 4.98 Å². The molecule has 0 spiro atoms. The number of likely N-dealkylation sites (N-methyl/N-ethyl adjacent to an activating group) is 1. The van der Waals surface area contributed by atoms with Crippen molar-refractivity contribution < 1.29 is 4.42 Å². The molecule has 0 unspecified atom stereocenters. The standard InChI is InChI=1S/C27H32ClN7O/c1-20-17-26(34-14-12-33(2)13-15-34)32-27(31-20)35(19-22-5-3-16-36-22)11-4-9-29-24-8-10-30-25-18-21(28)6-7-23(24)25/h3,5-8,10,16-18H,4,9,11-15,19H2,1-2H3,(H,29,30). The number of halogens is 1. The molecule has 1 aliphatic rings. The Morgan fingerprint density at radius 1 is 1.08 bits per heavy atom. The van der Waals surface area contributed by atoms with Crippen molar-refractivity contribution in [2.45, 2.75) is 19.9 Å². The van der Waals surface area contributed by atoms with Crippen molar-refractivity contribution in [3.8, 4) is 0 Å². The zero-order valence-corrected chi connectivity index (χ0v) is 21.6. The third-order valence-corrected chi connectivity index (χ3v) is 6.73. The lowest BCUT2D eigenvalue weighted by atomic mass is 10.2. The van der Waals surface area contributed by atoms with Gasteiger partial charge in [-0.15, -0.1) is 0 Å². The van der Waals surface area contributed by atoms with Crippen LogP contribution in [0.4, 0.5) is 17.5 Å². The molecule has 0 saturated carbocycles. The van der Waals surface area contributed by atoms with E-state index in [9.17, 15) is 0 Å².